The summed E-state index contributed by atoms with van der Waals surface area (Å²) in [7, 11) is 0. The summed E-state index contributed by atoms with van der Waals surface area (Å²) < 4.78 is 0. The first-order valence-electron chi connectivity index (χ1n) is 3.65. The zero-order chi connectivity index (χ0) is 11.7. The van der Waals surface area contributed by atoms with Crippen molar-refractivity contribution in [2.24, 2.45) is 5.73 Å². The molecule has 0 saturated carbocycles. The van der Waals surface area contributed by atoms with Crippen LogP contribution < -0.4 is 40.4 Å². The van der Waals surface area contributed by atoms with Crippen molar-refractivity contribution in [1.29, 1.82) is 0 Å². The molecular weight excluding hydrogens is 217 g/mol. The van der Waals surface area contributed by atoms with E-state index in [0.29, 0.717) is 0 Å². The Balaban J connectivity index is -0.000000249. The molecule has 0 amide bonds. The summed E-state index contributed by atoms with van der Waals surface area (Å²) >= 11 is 0. The number of aliphatic carboxylic acids is 3. The quantitative estimate of drug-likeness (QED) is 0.410. The molecule has 8 heteroatoms. The van der Waals surface area contributed by atoms with Crippen LogP contribution in [-0.4, -0.2) is 34.2 Å². The number of carbonyl (C=O) groups is 3. The maximum absolute atomic E-state index is 9.99. The Morgan fingerprint density at radius 3 is 1.87 bits per heavy atom. The monoisotopic (exact) mass is 229 g/mol. The van der Waals surface area contributed by atoms with Gasteiger partial charge >= 0.3 is 41.5 Å². The standard InChI is InChI=1S/C5H9NO4.C2H4O2.Na/c6-3(5(9)10)1-2-4(7)8;1-2(3)4;/h3H,1-2,6H2,(H,7,8)(H,9,10);1H3,(H,3,4);/q;;+1/p-1/t3-;;/m0../s1. The molecule has 0 rings (SSSR count). The van der Waals surface area contributed by atoms with E-state index in [0.717, 1.165) is 6.92 Å². The van der Waals surface area contributed by atoms with Crippen LogP contribution in [0.5, 0.6) is 0 Å². The van der Waals surface area contributed by atoms with Crippen molar-refractivity contribution < 1.29 is 59.3 Å². The third-order valence-corrected chi connectivity index (χ3v) is 0.986. The fourth-order valence-corrected chi connectivity index (χ4v) is 0.402. The van der Waals surface area contributed by atoms with Crippen LogP contribution in [0, 0.1) is 0 Å². The molecule has 0 fully saturated rings. The van der Waals surface area contributed by atoms with Crippen molar-refractivity contribution in [2.75, 3.05) is 0 Å². The van der Waals surface area contributed by atoms with E-state index in [9.17, 15) is 9.59 Å². The molecule has 15 heavy (non-hydrogen) atoms. The van der Waals surface area contributed by atoms with E-state index in [1.54, 1.807) is 0 Å². The van der Waals surface area contributed by atoms with Crippen LogP contribution in [0.3, 0.4) is 0 Å². The predicted molar refractivity (Wildman–Crippen MR) is 43.2 cm³/mol. The number of hydrogen-bond donors (Lipinski definition) is 3. The van der Waals surface area contributed by atoms with Gasteiger partial charge in [-0.15, -0.1) is 0 Å². The molecule has 4 N–H and O–H groups in total. The molecule has 0 aromatic carbocycles. The predicted octanol–water partition coefficient (Wildman–Crippen LogP) is -4.98. The topological polar surface area (TPSA) is 141 Å². The number of rotatable bonds is 4. The minimum Gasteiger partial charge on any atom is -0.550 e. The average molecular weight is 229 g/mol. The van der Waals surface area contributed by atoms with Gasteiger partial charge < -0.3 is 25.8 Å². The summed E-state index contributed by atoms with van der Waals surface area (Å²) in [6.07, 6.45) is -0.224. The van der Waals surface area contributed by atoms with E-state index in [1.807, 2.05) is 0 Å². The smallest absolute Gasteiger partial charge is 0.550 e. The van der Waals surface area contributed by atoms with Crippen LogP contribution in [0.1, 0.15) is 19.8 Å². The van der Waals surface area contributed by atoms with Crippen LogP contribution in [0.25, 0.3) is 0 Å². The van der Waals surface area contributed by atoms with Crippen molar-refractivity contribution in [3.05, 3.63) is 0 Å². The summed E-state index contributed by atoms with van der Waals surface area (Å²) in [6, 6.07) is -1.06. The molecule has 0 radical (unpaired) electrons. The fourth-order valence-electron chi connectivity index (χ4n) is 0.402. The molecule has 0 aliphatic rings. The van der Waals surface area contributed by atoms with Crippen LogP contribution >= 0.6 is 0 Å². The molecule has 1 atom stereocenters. The van der Waals surface area contributed by atoms with Gasteiger partial charge in [-0.2, -0.15) is 0 Å². The van der Waals surface area contributed by atoms with Gasteiger partial charge in [-0.1, -0.05) is 0 Å². The Morgan fingerprint density at radius 2 is 1.67 bits per heavy atom. The van der Waals surface area contributed by atoms with Crippen LogP contribution in [-0.2, 0) is 14.4 Å². The van der Waals surface area contributed by atoms with E-state index in [2.05, 4.69) is 0 Å². The van der Waals surface area contributed by atoms with Crippen LogP contribution in [0.15, 0.2) is 0 Å². The first kappa shape index (κ1) is 19.9. The maximum atomic E-state index is 9.99. The van der Waals surface area contributed by atoms with Crippen molar-refractivity contribution in [1.82, 2.24) is 0 Å². The summed E-state index contributed by atoms with van der Waals surface area (Å²) in [5.41, 5.74) is 5.00. The van der Waals surface area contributed by atoms with Gasteiger partial charge in [0, 0.05) is 12.4 Å². The molecule has 82 valence electrons. The number of hydrogen-bond acceptors (Lipinski definition) is 5. The largest absolute Gasteiger partial charge is 1.00 e. The van der Waals surface area contributed by atoms with Gasteiger partial charge in [0.2, 0.25) is 0 Å². The molecule has 0 saturated heterocycles. The minimum absolute atomic E-state index is 0. The molecule has 7 nitrogen and oxygen atoms in total. The first-order chi connectivity index (χ1) is 6.27. The summed E-state index contributed by atoms with van der Waals surface area (Å²) in [5, 5.41) is 25.2. The van der Waals surface area contributed by atoms with Crippen molar-refractivity contribution in [3.63, 3.8) is 0 Å². The molecule has 0 unspecified atom stereocenters. The van der Waals surface area contributed by atoms with E-state index in [4.69, 9.17) is 25.8 Å². The average Bonchev–Trinajstić information content (AvgIpc) is 1.98. The molecule has 0 aromatic rings. The Kier molecular flexibility index (Phi) is 15.2. The Bertz CT molecular complexity index is 216. The molecule has 0 aliphatic heterocycles. The number of nitrogens with two attached hydrogens (primary N) is 1. The fraction of sp³-hybridized carbons (Fsp3) is 0.571. The van der Waals surface area contributed by atoms with Crippen molar-refractivity contribution in [3.8, 4) is 0 Å². The van der Waals surface area contributed by atoms with Crippen molar-refractivity contribution >= 4 is 17.9 Å². The normalized spacial score (nSPS) is 10.0. The molecule has 0 heterocycles. The van der Waals surface area contributed by atoms with Gasteiger partial charge in [0.05, 0.1) is 0 Å². The third-order valence-electron chi connectivity index (χ3n) is 0.986. The molecule has 0 aliphatic carbocycles. The van der Waals surface area contributed by atoms with Gasteiger partial charge in [0.25, 0.3) is 0 Å². The second kappa shape index (κ2) is 11.4. The van der Waals surface area contributed by atoms with Gasteiger partial charge in [0.1, 0.15) is 6.04 Å². The number of carboxylic acid groups (broad SMARTS) is 3. The first-order valence-corrected chi connectivity index (χ1v) is 3.65. The maximum Gasteiger partial charge on any atom is 1.00 e. The zero-order valence-electron chi connectivity index (χ0n) is 8.60. The second-order valence-electron chi connectivity index (χ2n) is 2.37. The van der Waals surface area contributed by atoms with Gasteiger partial charge in [0.15, 0.2) is 0 Å². The SMILES string of the molecule is CC(=O)[O-].N[C@@H](CCC(=O)O)C(=O)O.[Na+]. The summed E-state index contributed by atoms with van der Waals surface area (Å²) in [6.45, 7) is 0.972. The zero-order valence-corrected chi connectivity index (χ0v) is 10.6. The van der Waals surface area contributed by atoms with E-state index >= 15 is 0 Å². The van der Waals surface area contributed by atoms with Gasteiger partial charge in [-0.3, -0.25) is 9.59 Å². The summed E-state index contributed by atoms with van der Waals surface area (Å²) in [5.74, 6) is -3.28. The minimum atomic E-state index is -1.17. The van der Waals surface area contributed by atoms with Crippen LogP contribution in [0.2, 0.25) is 0 Å². The van der Waals surface area contributed by atoms with Gasteiger partial charge in [-0.05, 0) is 13.3 Å². The number of carbonyl (C=O) groups excluding carboxylic acids is 1. The van der Waals surface area contributed by atoms with E-state index < -0.39 is 23.9 Å². The second-order valence-corrected chi connectivity index (χ2v) is 2.37. The Hall–Kier alpha value is -0.630. The van der Waals surface area contributed by atoms with Crippen molar-refractivity contribution in [2.45, 2.75) is 25.8 Å². The van der Waals surface area contributed by atoms with E-state index in [1.165, 1.54) is 0 Å². The molecule has 0 aromatic heterocycles. The van der Waals surface area contributed by atoms with Crippen LogP contribution in [0.4, 0.5) is 0 Å². The molecular formula is C7H12NNaO6. The summed E-state index contributed by atoms with van der Waals surface area (Å²) in [4.78, 5) is 28.8. The molecule has 0 bridgehead atoms. The molecule has 0 spiro atoms. The number of carboxylic acids is 3. The Labute approximate surface area is 109 Å². The van der Waals surface area contributed by atoms with E-state index in [-0.39, 0.29) is 42.4 Å². The van der Waals surface area contributed by atoms with Gasteiger partial charge in [-0.25, -0.2) is 0 Å². The third kappa shape index (κ3) is 24.7. The Morgan fingerprint density at radius 1 is 1.33 bits per heavy atom.